The van der Waals surface area contributed by atoms with Crippen LogP contribution in [-0.2, 0) is 11.3 Å². The van der Waals surface area contributed by atoms with Crippen molar-refractivity contribution in [3.8, 4) is 10.6 Å². The summed E-state index contributed by atoms with van der Waals surface area (Å²) < 4.78 is 1.26. The number of hydrogen-bond acceptors (Lipinski definition) is 4. The second kappa shape index (κ2) is 4.00. The normalized spacial score (nSPS) is 10.5. The van der Waals surface area contributed by atoms with Gasteiger partial charge in [-0.3, -0.25) is 4.79 Å². The Morgan fingerprint density at radius 2 is 2.47 bits per heavy atom. The molecule has 0 aliphatic heterocycles. The molecule has 0 atom stereocenters. The summed E-state index contributed by atoms with van der Waals surface area (Å²) in [6, 6.07) is 1.76. The lowest BCUT2D eigenvalue weighted by Gasteiger charge is -1.91. The maximum absolute atomic E-state index is 10.4. The van der Waals surface area contributed by atoms with E-state index in [0.29, 0.717) is 10.7 Å². The molecule has 0 unspecified atom stereocenters. The molecule has 0 amide bonds. The first-order valence-corrected chi connectivity index (χ1v) is 5.28. The number of carboxylic acid groups (broad SMARTS) is 1. The Morgan fingerprint density at radius 1 is 1.67 bits per heavy atom. The minimum atomic E-state index is -0.955. The fraction of sp³-hybridized carbons (Fsp3) is 0.125. The van der Waals surface area contributed by atoms with Crippen LogP contribution in [0, 0.1) is 0 Å². The summed E-state index contributed by atoms with van der Waals surface area (Å²) in [6.45, 7) is -0.198. The molecular formula is C8H6ClN3O2S. The van der Waals surface area contributed by atoms with Gasteiger partial charge < -0.3 is 5.11 Å². The van der Waals surface area contributed by atoms with E-state index in [9.17, 15) is 4.79 Å². The smallest absolute Gasteiger partial charge is 0.325 e. The van der Waals surface area contributed by atoms with Crippen LogP contribution in [0.1, 0.15) is 0 Å². The van der Waals surface area contributed by atoms with Gasteiger partial charge in [0.25, 0.3) is 0 Å². The van der Waals surface area contributed by atoms with Gasteiger partial charge in [-0.1, -0.05) is 16.8 Å². The number of aromatic nitrogens is 3. The second-order valence-electron chi connectivity index (χ2n) is 2.79. The third kappa shape index (κ3) is 2.16. The molecule has 15 heavy (non-hydrogen) atoms. The fourth-order valence-electron chi connectivity index (χ4n) is 1.09. The minimum absolute atomic E-state index is 0.198. The lowest BCUT2D eigenvalue weighted by atomic mass is 10.4. The first-order valence-electron chi connectivity index (χ1n) is 4.02. The van der Waals surface area contributed by atoms with Crippen LogP contribution in [0.2, 0.25) is 5.02 Å². The molecule has 0 aliphatic carbocycles. The number of hydrogen-bond donors (Lipinski definition) is 1. The van der Waals surface area contributed by atoms with E-state index in [1.54, 1.807) is 12.3 Å². The summed E-state index contributed by atoms with van der Waals surface area (Å²) in [7, 11) is 0. The van der Waals surface area contributed by atoms with E-state index in [0.717, 1.165) is 4.88 Å². The number of carbonyl (C=O) groups is 1. The molecule has 78 valence electrons. The zero-order valence-electron chi connectivity index (χ0n) is 7.42. The van der Waals surface area contributed by atoms with Crippen molar-refractivity contribution >= 4 is 28.9 Å². The van der Waals surface area contributed by atoms with Crippen molar-refractivity contribution in [1.82, 2.24) is 15.0 Å². The van der Waals surface area contributed by atoms with Gasteiger partial charge in [0.2, 0.25) is 0 Å². The molecule has 7 heteroatoms. The molecule has 0 saturated heterocycles. The van der Waals surface area contributed by atoms with Crippen LogP contribution in [0.4, 0.5) is 0 Å². The van der Waals surface area contributed by atoms with Gasteiger partial charge in [0.1, 0.15) is 12.2 Å². The van der Waals surface area contributed by atoms with Crippen LogP contribution in [-0.4, -0.2) is 26.1 Å². The Bertz CT molecular complexity index is 494. The molecule has 0 spiro atoms. The molecule has 2 rings (SSSR count). The Kier molecular flexibility index (Phi) is 2.70. The minimum Gasteiger partial charge on any atom is -0.480 e. The van der Waals surface area contributed by atoms with Gasteiger partial charge in [0, 0.05) is 0 Å². The van der Waals surface area contributed by atoms with Crippen molar-refractivity contribution in [2.45, 2.75) is 6.54 Å². The largest absolute Gasteiger partial charge is 0.480 e. The molecule has 1 N–H and O–H groups in total. The van der Waals surface area contributed by atoms with E-state index in [-0.39, 0.29) is 6.54 Å². The summed E-state index contributed by atoms with van der Waals surface area (Å²) in [4.78, 5) is 11.2. The lowest BCUT2D eigenvalue weighted by Crippen LogP contribution is -2.08. The van der Waals surface area contributed by atoms with Gasteiger partial charge in [0.05, 0.1) is 16.1 Å². The number of rotatable bonds is 3. The monoisotopic (exact) mass is 243 g/mol. The third-order valence-corrected chi connectivity index (χ3v) is 3.05. The first-order chi connectivity index (χ1) is 7.16. The topological polar surface area (TPSA) is 68.0 Å². The van der Waals surface area contributed by atoms with Gasteiger partial charge >= 0.3 is 5.97 Å². The Hall–Kier alpha value is -1.40. The number of halogens is 1. The van der Waals surface area contributed by atoms with Gasteiger partial charge in [-0.25, -0.2) is 4.68 Å². The maximum atomic E-state index is 10.4. The van der Waals surface area contributed by atoms with Crippen molar-refractivity contribution in [3.05, 3.63) is 22.7 Å². The predicted octanol–water partition coefficient (Wildman–Crippen LogP) is 1.74. The van der Waals surface area contributed by atoms with Crippen molar-refractivity contribution in [2.75, 3.05) is 0 Å². The second-order valence-corrected chi connectivity index (χ2v) is 4.12. The molecule has 0 radical (unpaired) electrons. The quantitative estimate of drug-likeness (QED) is 0.892. The maximum Gasteiger partial charge on any atom is 0.325 e. The summed E-state index contributed by atoms with van der Waals surface area (Å²) >= 11 is 7.35. The predicted molar refractivity (Wildman–Crippen MR) is 56.0 cm³/mol. The van der Waals surface area contributed by atoms with E-state index in [1.807, 2.05) is 5.38 Å². The van der Waals surface area contributed by atoms with Crippen molar-refractivity contribution in [3.63, 3.8) is 0 Å². The van der Waals surface area contributed by atoms with Crippen molar-refractivity contribution in [2.24, 2.45) is 0 Å². The van der Waals surface area contributed by atoms with E-state index >= 15 is 0 Å². The van der Waals surface area contributed by atoms with Crippen LogP contribution in [0.15, 0.2) is 17.6 Å². The molecule has 0 aliphatic rings. The fourth-order valence-corrected chi connectivity index (χ4v) is 2.20. The van der Waals surface area contributed by atoms with Gasteiger partial charge in [0.15, 0.2) is 0 Å². The highest BCUT2D eigenvalue weighted by Crippen LogP contribution is 2.31. The summed E-state index contributed by atoms with van der Waals surface area (Å²) in [6.07, 6.45) is 1.56. The summed E-state index contributed by atoms with van der Waals surface area (Å²) in [5, 5.41) is 18.5. The van der Waals surface area contributed by atoms with Crippen LogP contribution in [0.3, 0.4) is 0 Å². The molecule has 0 saturated carbocycles. The average Bonchev–Trinajstić information content (AvgIpc) is 2.72. The Balaban J connectivity index is 2.28. The summed E-state index contributed by atoms with van der Waals surface area (Å²) in [5.41, 5.74) is 0.594. The van der Waals surface area contributed by atoms with Gasteiger partial charge in [-0.2, -0.15) is 0 Å². The van der Waals surface area contributed by atoms with Crippen LogP contribution in [0.25, 0.3) is 10.6 Å². The van der Waals surface area contributed by atoms with Crippen LogP contribution < -0.4 is 0 Å². The molecule has 0 bridgehead atoms. The van der Waals surface area contributed by atoms with E-state index in [2.05, 4.69) is 10.3 Å². The average molecular weight is 244 g/mol. The SMILES string of the molecule is O=C(O)Cn1cc(-c2sccc2Cl)nn1. The first kappa shape index (κ1) is 10.1. The number of aliphatic carboxylic acids is 1. The molecule has 2 aromatic rings. The molecule has 0 fully saturated rings. The molecule has 2 aromatic heterocycles. The van der Waals surface area contributed by atoms with Crippen molar-refractivity contribution < 1.29 is 9.90 Å². The van der Waals surface area contributed by atoms with Crippen molar-refractivity contribution in [1.29, 1.82) is 0 Å². The zero-order valence-corrected chi connectivity index (χ0v) is 8.99. The Labute approximate surface area is 93.9 Å². The highest BCUT2D eigenvalue weighted by atomic mass is 35.5. The van der Waals surface area contributed by atoms with Crippen LogP contribution >= 0.6 is 22.9 Å². The van der Waals surface area contributed by atoms with E-state index in [4.69, 9.17) is 16.7 Å². The highest BCUT2D eigenvalue weighted by molar-refractivity contribution is 7.14. The number of carboxylic acids is 1. The van der Waals surface area contributed by atoms with Gasteiger partial charge in [-0.15, -0.1) is 16.4 Å². The van der Waals surface area contributed by atoms with Crippen LogP contribution in [0.5, 0.6) is 0 Å². The molecule has 5 nitrogen and oxygen atoms in total. The van der Waals surface area contributed by atoms with E-state index in [1.165, 1.54) is 16.0 Å². The standard InChI is InChI=1S/C8H6ClN3O2S/c9-5-1-2-15-8(5)6-3-12(11-10-6)4-7(13)14/h1-3H,4H2,(H,13,14). The zero-order chi connectivity index (χ0) is 10.8. The highest BCUT2D eigenvalue weighted by Gasteiger charge is 2.10. The lowest BCUT2D eigenvalue weighted by molar-refractivity contribution is -0.137. The van der Waals surface area contributed by atoms with E-state index < -0.39 is 5.97 Å². The summed E-state index contributed by atoms with van der Waals surface area (Å²) in [5.74, 6) is -0.955. The Morgan fingerprint density at radius 3 is 3.07 bits per heavy atom. The molecule has 0 aromatic carbocycles. The number of nitrogens with zero attached hydrogens (tertiary/aromatic N) is 3. The van der Waals surface area contributed by atoms with Gasteiger partial charge in [-0.05, 0) is 11.4 Å². The number of thiophene rings is 1. The molecular weight excluding hydrogens is 238 g/mol. The third-order valence-electron chi connectivity index (χ3n) is 1.69. The molecule has 2 heterocycles.